The number of carbonyl (C=O) groups excluding carboxylic acids is 2. The zero-order valence-corrected chi connectivity index (χ0v) is 16.7. The second kappa shape index (κ2) is 7.89. The predicted octanol–water partition coefficient (Wildman–Crippen LogP) is 4.05. The average Bonchev–Trinajstić information content (AvgIpc) is 2.59. The first-order valence-corrected chi connectivity index (χ1v) is 9.84. The van der Waals surface area contributed by atoms with Gasteiger partial charge < -0.3 is 9.64 Å². The van der Waals surface area contributed by atoms with Crippen molar-refractivity contribution in [3.05, 3.63) is 58.6 Å². The lowest BCUT2D eigenvalue weighted by molar-refractivity contribution is -0.186. The lowest BCUT2D eigenvalue weighted by atomic mass is 9.92. The second-order valence-corrected chi connectivity index (χ2v) is 8.07. The molecule has 2 aliphatic rings. The highest BCUT2D eigenvalue weighted by atomic mass is 79.9. The molecule has 138 valence electrons. The zero-order chi connectivity index (χ0) is 18.7. The van der Waals surface area contributed by atoms with E-state index in [0.717, 1.165) is 23.7 Å². The average molecular weight is 418 g/mol. The summed E-state index contributed by atoms with van der Waals surface area (Å²) in [5, 5.41) is 0. The van der Waals surface area contributed by atoms with E-state index < -0.39 is 5.72 Å². The van der Waals surface area contributed by atoms with Crippen LogP contribution in [0, 0.1) is 5.92 Å². The van der Waals surface area contributed by atoms with Crippen LogP contribution in [0.15, 0.2) is 53.0 Å². The van der Waals surface area contributed by atoms with Gasteiger partial charge in [-0.3, -0.25) is 9.59 Å². The number of amides is 1. The van der Waals surface area contributed by atoms with Gasteiger partial charge in [0.2, 0.25) is 5.91 Å². The summed E-state index contributed by atoms with van der Waals surface area (Å²) < 4.78 is 7.18. The van der Waals surface area contributed by atoms with Crippen molar-refractivity contribution in [3.63, 3.8) is 0 Å². The molecule has 1 amide bonds. The first-order chi connectivity index (χ1) is 12.4. The lowest BCUT2D eigenvalue weighted by Crippen LogP contribution is -2.61. The molecule has 1 fully saturated rings. The molecular formula is C21H24BrNO3. The molecule has 1 aromatic rings. The first kappa shape index (κ1) is 19.1. The summed E-state index contributed by atoms with van der Waals surface area (Å²) in [5.41, 5.74) is 0.345. The van der Waals surface area contributed by atoms with Crippen molar-refractivity contribution < 1.29 is 14.3 Å². The smallest absolute Gasteiger partial charge is 0.230 e. The van der Waals surface area contributed by atoms with E-state index in [1.165, 1.54) is 17.7 Å². The van der Waals surface area contributed by atoms with Crippen LogP contribution in [0.5, 0.6) is 0 Å². The number of ether oxygens (including phenoxy) is 1. The monoisotopic (exact) mass is 417 g/mol. The summed E-state index contributed by atoms with van der Waals surface area (Å²) in [5.74, 6) is -0.120. The molecule has 1 aromatic carbocycles. The van der Waals surface area contributed by atoms with Crippen LogP contribution in [-0.2, 0) is 20.7 Å². The lowest BCUT2D eigenvalue weighted by Gasteiger charge is -2.48. The van der Waals surface area contributed by atoms with Gasteiger partial charge in [0.05, 0.1) is 12.5 Å². The van der Waals surface area contributed by atoms with Crippen LogP contribution in [0.25, 0.3) is 0 Å². The van der Waals surface area contributed by atoms with Gasteiger partial charge in [0, 0.05) is 10.5 Å². The maximum Gasteiger partial charge on any atom is 0.230 e. The van der Waals surface area contributed by atoms with Crippen molar-refractivity contribution in [2.24, 2.45) is 5.92 Å². The van der Waals surface area contributed by atoms with Gasteiger partial charge in [-0.15, -0.1) is 0 Å². The Morgan fingerprint density at radius 1 is 1.27 bits per heavy atom. The topological polar surface area (TPSA) is 46.6 Å². The summed E-state index contributed by atoms with van der Waals surface area (Å²) in [4.78, 5) is 26.3. The number of carbonyl (C=O) groups is 2. The van der Waals surface area contributed by atoms with E-state index in [4.69, 9.17) is 4.74 Å². The quantitative estimate of drug-likeness (QED) is 0.725. The van der Waals surface area contributed by atoms with Crippen LogP contribution in [0.4, 0.5) is 0 Å². The standard InChI is InChI=1S/C21H24BrNO3/c1-15(2)23-20(25)17(7-3-5-16-6-4-8-18(22)13-16)14-26-21(23)11-9-19(24)10-12-21/h4,6,8-13,15,17H,3,5,7,14H2,1-2H3. The third kappa shape index (κ3) is 3.99. The molecule has 0 N–H and O–H groups in total. The molecular weight excluding hydrogens is 394 g/mol. The Morgan fingerprint density at radius 3 is 2.65 bits per heavy atom. The number of ketones is 1. The molecule has 1 saturated heterocycles. The van der Waals surface area contributed by atoms with E-state index in [-0.39, 0.29) is 23.7 Å². The van der Waals surface area contributed by atoms with E-state index in [1.807, 2.05) is 26.0 Å². The Hall–Kier alpha value is -1.72. The zero-order valence-electron chi connectivity index (χ0n) is 15.2. The molecule has 0 bridgehead atoms. The third-order valence-electron chi connectivity index (χ3n) is 4.88. The van der Waals surface area contributed by atoms with Crippen molar-refractivity contribution in [1.29, 1.82) is 0 Å². The number of benzene rings is 1. The molecule has 1 unspecified atom stereocenters. The molecule has 1 spiro atoms. The van der Waals surface area contributed by atoms with Gasteiger partial charge in [-0.05, 0) is 75.1 Å². The Bertz CT molecular complexity index is 737. The van der Waals surface area contributed by atoms with E-state index in [1.54, 1.807) is 17.1 Å². The highest BCUT2D eigenvalue weighted by Crippen LogP contribution is 2.34. The summed E-state index contributed by atoms with van der Waals surface area (Å²) in [6.45, 7) is 4.33. The largest absolute Gasteiger partial charge is 0.347 e. The molecule has 0 aromatic heterocycles. The van der Waals surface area contributed by atoms with Crippen LogP contribution in [0.3, 0.4) is 0 Å². The van der Waals surface area contributed by atoms with Gasteiger partial charge >= 0.3 is 0 Å². The number of hydrogen-bond acceptors (Lipinski definition) is 3. The summed E-state index contributed by atoms with van der Waals surface area (Å²) >= 11 is 3.49. The molecule has 1 aliphatic carbocycles. The van der Waals surface area contributed by atoms with Gasteiger partial charge in [-0.25, -0.2) is 0 Å². The fourth-order valence-corrected chi connectivity index (χ4v) is 4.07. The normalized spacial score (nSPS) is 21.8. The number of halogens is 1. The van der Waals surface area contributed by atoms with E-state index in [9.17, 15) is 9.59 Å². The Balaban J connectivity index is 1.66. The van der Waals surface area contributed by atoms with E-state index >= 15 is 0 Å². The van der Waals surface area contributed by atoms with Crippen LogP contribution in [-0.4, -0.2) is 35.0 Å². The molecule has 26 heavy (non-hydrogen) atoms. The van der Waals surface area contributed by atoms with Crippen LogP contribution in [0.1, 0.15) is 32.3 Å². The summed E-state index contributed by atoms with van der Waals surface area (Å²) in [7, 11) is 0. The minimum absolute atomic E-state index is 0.0159. The van der Waals surface area contributed by atoms with Gasteiger partial charge in [-0.1, -0.05) is 28.1 Å². The third-order valence-corrected chi connectivity index (χ3v) is 5.37. The Labute approximate surface area is 163 Å². The predicted molar refractivity (Wildman–Crippen MR) is 105 cm³/mol. The molecule has 1 heterocycles. The highest BCUT2D eigenvalue weighted by Gasteiger charge is 2.46. The number of rotatable bonds is 5. The van der Waals surface area contributed by atoms with Crippen LogP contribution < -0.4 is 0 Å². The minimum atomic E-state index is -0.917. The van der Waals surface area contributed by atoms with Gasteiger partial charge in [0.25, 0.3) is 0 Å². The van der Waals surface area contributed by atoms with Crippen molar-refractivity contribution >= 4 is 27.6 Å². The molecule has 0 radical (unpaired) electrons. The van der Waals surface area contributed by atoms with Crippen molar-refractivity contribution in [3.8, 4) is 0 Å². The molecule has 3 rings (SSSR count). The fraction of sp³-hybridized carbons (Fsp3) is 0.429. The molecule has 4 nitrogen and oxygen atoms in total. The molecule has 0 saturated carbocycles. The van der Waals surface area contributed by atoms with Crippen molar-refractivity contribution in [2.45, 2.75) is 44.9 Å². The minimum Gasteiger partial charge on any atom is -0.347 e. The van der Waals surface area contributed by atoms with E-state index in [2.05, 4.69) is 28.1 Å². The Kier molecular flexibility index (Phi) is 5.78. The number of nitrogens with zero attached hydrogens (tertiary/aromatic N) is 1. The fourth-order valence-electron chi connectivity index (χ4n) is 3.62. The van der Waals surface area contributed by atoms with Crippen LogP contribution in [0.2, 0.25) is 0 Å². The SMILES string of the molecule is CC(C)N1C(=O)C(CCCc2cccc(Br)c2)COC12C=CC(=O)C=C2. The van der Waals surface area contributed by atoms with Crippen molar-refractivity contribution in [1.82, 2.24) is 4.90 Å². The van der Waals surface area contributed by atoms with E-state index in [0.29, 0.717) is 6.61 Å². The molecule has 1 aliphatic heterocycles. The van der Waals surface area contributed by atoms with Gasteiger partial charge in [-0.2, -0.15) is 0 Å². The van der Waals surface area contributed by atoms with Gasteiger partial charge in [0.1, 0.15) is 0 Å². The first-order valence-electron chi connectivity index (χ1n) is 9.05. The van der Waals surface area contributed by atoms with Crippen molar-refractivity contribution in [2.75, 3.05) is 6.61 Å². The second-order valence-electron chi connectivity index (χ2n) is 7.15. The molecule has 1 atom stereocenters. The maximum atomic E-state index is 13.1. The summed E-state index contributed by atoms with van der Waals surface area (Å²) in [6.07, 6.45) is 9.02. The Morgan fingerprint density at radius 2 is 2.00 bits per heavy atom. The number of hydrogen-bond donors (Lipinski definition) is 0. The van der Waals surface area contributed by atoms with Crippen LogP contribution >= 0.6 is 15.9 Å². The summed E-state index contributed by atoms with van der Waals surface area (Å²) in [6, 6.07) is 8.24. The highest BCUT2D eigenvalue weighted by molar-refractivity contribution is 9.10. The maximum absolute atomic E-state index is 13.1. The molecule has 5 heteroatoms. The van der Waals surface area contributed by atoms with Gasteiger partial charge in [0.15, 0.2) is 11.5 Å². The number of aryl methyl sites for hydroxylation is 1. The number of allylic oxidation sites excluding steroid dienone is 2.